The lowest BCUT2D eigenvalue weighted by atomic mass is 9.91. The van der Waals surface area contributed by atoms with Crippen LogP contribution >= 0.6 is 12.4 Å². The molecule has 7 nitrogen and oxygen atoms in total. The Balaban J connectivity index is 0.00000208. The summed E-state index contributed by atoms with van der Waals surface area (Å²) in [7, 11) is 0. The van der Waals surface area contributed by atoms with Gasteiger partial charge in [0.2, 0.25) is 0 Å². The Labute approximate surface area is 146 Å². The van der Waals surface area contributed by atoms with Gasteiger partial charge in [-0.1, -0.05) is 12.1 Å². The third-order valence-corrected chi connectivity index (χ3v) is 4.41. The van der Waals surface area contributed by atoms with Gasteiger partial charge in [-0.25, -0.2) is 4.79 Å². The van der Waals surface area contributed by atoms with Crippen LogP contribution < -0.4 is 16.0 Å². The standard InChI is InChI=1S/C16H20N4O3.ClH/c1-10-9-20(8-7-17-10)13(21)11-3-5-12(6-4-11)16(2)14(22)18-15(23)19-16;/h3-6,10,17H,7-9H2,1-2H3,(H2,18,19,22,23);1H. The molecule has 1 aromatic carbocycles. The minimum atomic E-state index is -1.10. The Morgan fingerprint density at radius 2 is 1.92 bits per heavy atom. The van der Waals surface area contributed by atoms with E-state index in [9.17, 15) is 14.4 Å². The monoisotopic (exact) mass is 352 g/mol. The number of piperazine rings is 1. The number of nitrogens with one attached hydrogen (secondary N) is 3. The Morgan fingerprint density at radius 3 is 2.46 bits per heavy atom. The van der Waals surface area contributed by atoms with E-state index >= 15 is 0 Å². The van der Waals surface area contributed by atoms with Crippen LogP contribution in [0.1, 0.15) is 29.8 Å². The molecule has 1 aromatic rings. The maximum Gasteiger partial charge on any atom is 0.322 e. The van der Waals surface area contributed by atoms with Gasteiger partial charge < -0.3 is 15.5 Å². The predicted molar refractivity (Wildman–Crippen MR) is 91.1 cm³/mol. The lowest BCUT2D eigenvalue weighted by molar-refractivity contribution is -0.123. The molecule has 2 atom stereocenters. The van der Waals surface area contributed by atoms with Crippen LogP contribution in [-0.2, 0) is 10.3 Å². The molecule has 8 heteroatoms. The summed E-state index contributed by atoms with van der Waals surface area (Å²) in [6.45, 7) is 5.83. The molecular weight excluding hydrogens is 332 g/mol. The number of nitrogens with zero attached hydrogens (tertiary/aromatic N) is 1. The van der Waals surface area contributed by atoms with Crippen molar-refractivity contribution in [1.29, 1.82) is 0 Å². The van der Waals surface area contributed by atoms with Crippen LogP contribution in [0.2, 0.25) is 0 Å². The van der Waals surface area contributed by atoms with Gasteiger partial charge in [0.15, 0.2) is 0 Å². The first-order valence-corrected chi connectivity index (χ1v) is 7.67. The summed E-state index contributed by atoms with van der Waals surface area (Å²) in [4.78, 5) is 37.6. The first-order chi connectivity index (χ1) is 10.9. The maximum absolute atomic E-state index is 12.5. The van der Waals surface area contributed by atoms with Gasteiger partial charge >= 0.3 is 6.03 Å². The minimum absolute atomic E-state index is 0. The fourth-order valence-corrected chi connectivity index (χ4v) is 2.99. The molecule has 2 heterocycles. The lowest BCUT2D eigenvalue weighted by Gasteiger charge is -2.32. The zero-order valence-electron chi connectivity index (χ0n) is 13.6. The van der Waals surface area contributed by atoms with Crippen molar-refractivity contribution >= 4 is 30.3 Å². The fraction of sp³-hybridized carbons (Fsp3) is 0.438. The number of halogens is 1. The average molecular weight is 353 g/mol. The number of hydrogen-bond acceptors (Lipinski definition) is 4. The first-order valence-electron chi connectivity index (χ1n) is 7.67. The summed E-state index contributed by atoms with van der Waals surface area (Å²) in [5, 5.41) is 8.14. The Hall–Kier alpha value is -2.12. The first kappa shape index (κ1) is 18.2. The second-order valence-corrected chi connectivity index (χ2v) is 6.22. The molecule has 0 spiro atoms. The Morgan fingerprint density at radius 1 is 1.25 bits per heavy atom. The van der Waals surface area contributed by atoms with Crippen LogP contribution in [0.25, 0.3) is 0 Å². The number of carbonyl (C=O) groups is 3. The van der Waals surface area contributed by atoms with Gasteiger partial charge in [-0.3, -0.25) is 14.9 Å². The number of rotatable bonds is 2. The van der Waals surface area contributed by atoms with E-state index in [4.69, 9.17) is 0 Å². The summed E-state index contributed by atoms with van der Waals surface area (Å²) in [5.74, 6) is -0.410. The van der Waals surface area contributed by atoms with Crippen molar-refractivity contribution in [1.82, 2.24) is 20.9 Å². The second kappa shape index (κ2) is 6.78. The summed E-state index contributed by atoms with van der Waals surface area (Å²) < 4.78 is 0. The van der Waals surface area contributed by atoms with E-state index < -0.39 is 17.5 Å². The number of urea groups is 1. The van der Waals surface area contributed by atoms with Crippen LogP contribution in [0.5, 0.6) is 0 Å². The minimum Gasteiger partial charge on any atom is -0.336 e. The molecule has 2 unspecified atom stereocenters. The molecule has 0 aliphatic carbocycles. The highest BCUT2D eigenvalue weighted by Gasteiger charge is 2.43. The molecule has 0 aromatic heterocycles. The van der Waals surface area contributed by atoms with Crippen LogP contribution in [0.4, 0.5) is 4.79 Å². The number of amides is 4. The third kappa shape index (κ3) is 3.22. The highest BCUT2D eigenvalue weighted by Crippen LogP contribution is 2.24. The second-order valence-electron chi connectivity index (χ2n) is 6.22. The SMILES string of the molecule is CC1CN(C(=O)c2ccc(C3(C)NC(=O)NC3=O)cc2)CCN1.Cl. The van der Waals surface area contributed by atoms with Crippen molar-refractivity contribution in [2.75, 3.05) is 19.6 Å². The smallest absolute Gasteiger partial charge is 0.322 e. The van der Waals surface area contributed by atoms with Crippen LogP contribution in [-0.4, -0.2) is 48.4 Å². The summed E-state index contributed by atoms with van der Waals surface area (Å²) in [6, 6.07) is 6.60. The topological polar surface area (TPSA) is 90.5 Å². The largest absolute Gasteiger partial charge is 0.336 e. The van der Waals surface area contributed by atoms with E-state index in [1.807, 2.05) is 11.8 Å². The van der Waals surface area contributed by atoms with Crippen molar-refractivity contribution in [3.05, 3.63) is 35.4 Å². The third-order valence-electron chi connectivity index (χ3n) is 4.41. The van der Waals surface area contributed by atoms with Crippen molar-refractivity contribution in [2.24, 2.45) is 0 Å². The van der Waals surface area contributed by atoms with Crippen LogP contribution in [0, 0.1) is 0 Å². The number of carbonyl (C=O) groups excluding carboxylic acids is 3. The van der Waals surface area contributed by atoms with E-state index in [1.54, 1.807) is 31.2 Å². The molecule has 130 valence electrons. The summed E-state index contributed by atoms with van der Waals surface area (Å²) in [5.41, 5.74) is 0.129. The Bertz CT molecular complexity index is 664. The predicted octanol–water partition coefficient (Wildman–Crippen LogP) is 0.597. The van der Waals surface area contributed by atoms with Gasteiger partial charge in [0.1, 0.15) is 5.54 Å². The lowest BCUT2D eigenvalue weighted by Crippen LogP contribution is -2.51. The van der Waals surface area contributed by atoms with Gasteiger partial charge in [0.05, 0.1) is 0 Å². The van der Waals surface area contributed by atoms with Gasteiger partial charge in [-0.15, -0.1) is 12.4 Å². The van der Waals surface area contributed by atoms with E-state index in [2.05, 4.69) is 16.0 Å². The summed E-state index contributed by atoms with van der Waals surface area (Å²) in [6.07, 6.45) is 0. The number of hydrogen-bond donors (Lipinski definition) is 3. The molecule has 0 bridgehead atoms. The van der Waals surface area contributed by atoms with Crippen molar-refractivity contribution in [2.45, 2.75) is 25.4 Å². The normalized spacial score (nSPS) is 26.4. The fourth-order valence-electron chi connectivity index (χ4n) is 2.99. The highest BCUT2D eigenvalue weighted by molar-refractivity contribution is 6.07. The maximum atomic E-state index is 12.5. The van der Waals surface area contributed by atoms with Crippen LogP contribution in [0.3, 0.4) is 0 Å². The van der Waals surface area contributed by atoms with Gasteiger partial charge in [-0.05, 0) is 31.5 Å². The zero-order chi connectivity index (χ0) is 16.6. The van der Waals surface area contributed by atoms with Crippen molar-refractivity contribution in [3.63, 3.8) is 0 Å². The van der Waals surface area contributed by atoms with Gasteiger partial charge in [0.25, 0.3) is 11.8 Å². The molecule has 2 aliphatic heterocycles. The molecule has 2 fully saturated rings. The number of benzene rings is 1. The van der Waals surface area contributed by atoms with E-state index in [0.29, 0.717) is 24.2 Å². The number of imide groups is 1. The average Bonchev–Trinajstić information content (AvgIpc) is 2.80. The molecule has 3 N–H and O–H groups in total. The van der Waals surface area contributed by atoms with Gasteiger partial charge in [-0.2, -0.15) is 0 Å². The highest BCUT2D eigenvalue weighted by atomic mass is 35.5. The van der Waals surface area contributed by atoms with E-state index in [1.165, 1.54) is 0 Å². The quantitative estimate of drug-likeness (QED) is 0.680. The van der Waals surface area contributed by atoms with E-state index in [-0.39, 0.29) is 24.4 Å². The van der Waals surface area contributed by atoms with Crippen LogP contribution in [0.15, 0.2) is 24.3 Å². The molecule has 2 aliphatic rings. The van der Waals surface area contributed by atoms with E-state index in [0.717, 1.165) is 6.54 Å². The Kier molecular flexibility index (Phi) is 5.15. The van der Waals surface area contributed by atoms with Gasteiger partial charge in [0, 0.05) is 31.2 Å². The molecule has 2 saturated heterocycles. The molecule has 3 rings (SSSR count). The zero-order valence-corrected chi connectivity index (χ0v) is 14.4. The molecule has 4 amide bonds. The molecule has 0 saturated carbocycles. The van der Waals surface area contributed by atoms with Crippen molar-refractivity contribution < 1.29 is 14.4 Å². The van der Waals surface area contributed by atoms with Crippen molar-refractivity contribution in [3.8, 4) is 0 Å². The molecular formula is C16H21ClN4O3. The summed E-state index contributed by atoms with van der Waals surface area (Å²) >= 11 is 0. The molecule has 24 heavy (non-hydrogen) atoms. The molecule has 0 radical (unpaired) electrons.